The van der Waals surface area contributed by atoms with E-state index in [4.69, 9.17) is 9.52 Å². The van der Waals surface area contributed by atoms with Crippen molar-refractivity contribution in [2.24, 2.45) is 0 Å². The highest BCUT2D eigenvalue weighted by Gasteiger charge is 2.11. The van der Waals surface area contributed by atoms with Crippen LogP contribution in [0.5, 0.6) is 0 Å². The Labute approximate surface area is 109 Å². The molecule has 4 heteroatoms. The smallest absolute Gasteiger partial charge is 0.338 e. The lowest BCUT2D eigenvalue weighted by molar-refractivity contribution is 0.0696. The van der Waals surface area contributed by atoms with Gasteiger partial charge in [-0.15, -0.1) is 0 Å². The minimum atomic E-state index is -0.968. The molecule has 19 heavy (non-hydrogen) atoms. The number of benzene rings is 1. The van der Waals surface area contributed by atoms with Crippen molar-refractivity contribution in [3.63, 3.8) is 0 Å². The van der Waals surface area contributed by atoms with Gasteiger partial charge in [-0.1, -0.05) is 18.2 Å². The predicted octanol–water partition coefficient (Wildman–Crippen LogP) is 3.29. The Kier molecular flexibility index (Phi) is 2.63. The third-order valence-corrected chi connectivity index (χ3v) is 3.23. The SMILES string of the molecule is Cc1cc2ccccc2n1Cc1cc(C(=O)O)co1. The molecule has 0 radical (unpaired) electrons. The third-order valence-electron chi connectivity index (χ3n) is 3.23. The molecular weight excluding hydrogens is 242 g/mol. The average molecular weight is 255 g/mol. The standard InChI is InChI=1S/C15H13NO3/c1-10-6-11-4-2-3-5-14(11)16(10)8-13-7-12(9-19-13)15(17)18/h2-7,9H,8H2,1H3,(H,17,18). The van der Waals surface area contributed by atoms with E-state index in [1.165, 1.54) is 11.6 Å². The van der Waals surface area contributed by atoms with Crippen LogP contribution in [0.25, 0.3) is 10.9 Å². The van der Waals surface area contributed by atoms with Crippen molar-refractivity contribution in [2.45, 2.75) is 13.5 Å². The Morgan fingerprint density at radius 2 is 2.11 bits per heavy atom. The van der Waals surface area contributed by atoms with Crippen LogP contribution in [0.1, 0.15) is 21.8 Å². The highest BCUT2D eigenvalue weighted by atomic mass is 16.4. The lowest BCUT2D eigenvalue weighted by atomic mass is 10.2. The summed E-state index contributed by atoms with van der Waals surface area (Å²) in [4.78, 5) is 10.8. The summed E-state index contributed by atoms with van der Waals surface area (Å²) in [7, 11) is 0. The fourth-order valence-electron chi connectivity index (χ4n) is 2.29. The summed E-state index contributed by atoms with van der Waals surface area (Å²) in [5.41, 5.74) is 2.42. The van der Waals surface area contributed by atoms with Crippen LogP contribution in [-0.4, -0.2) is 15.6 Å². The Balaban J connectivity index is 2.00. The molecule has 0 aliphatic heterocycles. The summed E-state index contributed by atoms with van der Waals surface area (Å²) in [5.74, 6) is -0.328. The second kappa shape index (κ2) is 4.31. The van der Waals surface area contributed by atoms with E-state index in [-0.39, 0.29) is 5.56 Å². The van der Waals surface area contributed by atoms with Crippen LogP contribution >= 0.6 is 0 Å². The molecule has 0 atom stereocenters. The van der Waals surface area contributed by atoms with Crippen LogP contribution < -0.4 is 0 Å². The molecule has 1 N–H and O–H groups in total. The van der Waals surface area contributed by atoms with Crippen molar-refractivity contribution in [3.05, 3.63) is 59.7 Å². The molecule has 2 aromatic heterocycles. The number of aromatic nitrogens is 1. The molecule has 96 valence electrons. The van der Waals surface area contributed by atoms with Gasteiger partial charge in [0.2, 0.25) is 0 Å². The van der Waals surface area contributed by atoms with Crippen molar-refractivity contribution in [2.75, 3.05) is 0 Å². The van der Waals surface area contributed by atoms with Crippen LogP contribution in [-0.2, 0) is 6.54 Å². The summed E-state index contributed by atoms with van der Waals surface area (Å²) in [6.45, 7) is 2.56. The number of nitrogens with zero attached hydrogens (tertiary/aromatic N) is 1. The summed E-state index contributed by atoms with van der Waals surface area (Å²) in [6.07, 6.45) is 1.28. The minimum Gasteiger partial charge on any atom is -0.478 e. The van der Waals surface area contributed by atoms with Gasteiger partial charge in [-0.3, -0.25) is 0 Å². The zero-order chi connectivity index (χ0) is 13.4. The zero-order valence-electron chi connectivity index (χ0n) is 10.5. The quantitative estimate of drug-likeness (QED) is 0.781. The first kappa shape index (κ1) is 11.6. The number of carbonyl (C=O) groups is 1. The topological polar surface area (TPSA) is 55.4 Å². The molecule has 1 aromatic carbocycles. The normalized spacial score (nSPS) is 11.0. The minimum absolute atomic E-state index is 0.184. The Morgan fingerprint density at radius 1 is 1.32 bits per heavy atom. The van der Waals surface area contributed by atoms with E-state index in [9.17, 15) is 4.79 Å². The maximum Gasteiger partial charge on any atom is 0.338 e. The number of aromatic carboxylic acids is 1. The Bertz CT molecular complexity index is 752. The number of rotatable bonds is 3. The molecule has 0 aliphatic carbocycles. The monoisotopic (exact) mass is 255 g/mol. The summed E-state index contributed by atoms with van der Waals surface area (Å²) in [5, 5.41) is 10.1. The molecule has 0 fully saturated rings. The molecule has 3 aromatic rings. The van der Waals surface area contributed by atoms with Crippen LogP contribution in [0, 0.1) is 6.92 Å². The number of fused-ring (bicyclic) bond motifs is 1. The second-order valence-corrected chi connectivity index (χ2v) is 4.54. The van der Waals surface area contributed by atoms with Crippen molar-refractivity contribution in [3.8, 4) is 0 Å². The van der Waals surface area contributed by atoms with E-state index in [0.29, 0.717) is 12.3 Å². The molecule has 0 saturated heterocycles. The highest BCUT2D eigenvalue weighted by Crippen LogP contribution is 2.21. The number of hydrogen-bond donors (Lipinski definition) is 1. The number of hydrogen-bond acceptors (Lipinski definition) is 2. The van der Waals surface area contributed by atoms with E-state index in [0.717, 1.165) is 11.2 Å². The van der Waals surface area contributed by atoms with Crippen LogP contribution in [0.2, 0.25) is 0 Å². The molecular formula is C15H13NO3. The molecule has 0 bridgehead atoms. The highest BCUT2D eigenvalue weighted by molar-refractivity contribution is 5.87. The Morgan fingerprint density at radius 3 is 2.84 bits per heavy atom. The van der Waals surface area contributed by atoms with E-state index in [1.54, 1.807) is 6.07 Å². The van der Waals surface area contributed by atoms with Crippen molar-refractivity contribution in [1.29, 1.82) is 0 Å². The lowest BCUT2D eigenvalue weighted by Crippen LogP contribution is -2.00. The molecule has 0 unspecified atom stereocenters. The fourth-order valence-corrected chi connectivity index (χ4v) is 2.29. The summed E-state index contributed by atoms with van der Waals surface area (Å²) < 4.78 is 7.41. The predicted molar refractivity (Wildman–Crippen MR) is 71.4 cm³/mol. The third kappa shape index (κ3) is 2.01. The van der Waals surface area contributed by atoms with E-state index >= 15 is 0 Å². The van der Waals surface area contributed by atoms with Gasteiger partial charge in [0, 0.05) is 11.2 Å². The van der Waals surface area contributed by atoms with Gasteiger partial charge >= 0.3 is 5.97 Å². The van der Waals surface area contributed by atoms with Crippen LogP contribution in [0.15, 0.2) is 47.1 Å². The number of carboxylic acids is 1. The molecule has 0 spiro atoms. The van der Waals surface area contributed by atoms with Crippen molar-refractivity contribution < 1.29 is 14.3 Å². The molecule has 0 amide bonds. The first-order chi connectivity index (χ1) is 9.15. The number of para-hydroxylation sites is 1. The van der Waals surface area contributed by atoms with Gasteiger partial charge < -0.3 is 14.1 Å². The molecule has 0 saturated carbocycles. The summed E-state index contributed by atoms with van der Waals surface area (Å²) >= 11 is 0. The van der Waals surface area contributed by atoms with Gasteiger partial charge in [-0.2, -0.15) is 0 Å². The molecule has 0 aliphatic rings. The van der Waals surface area contributed by atoms with E-state index in [2.05, 4.69) is 16.7 Å². The number of furan rings is 1. The molecule has 4 nitrogen and oxygen atoms in total. The van der Waals surface area contributed by atoms with E-state index < -0.39 is 5.97 Å². The zero-order valence-corrected chi connectivity index (χ0v) is 10.5. The Hall–Kier alpha value is -2.49. The average Bonchev–Trinajstić information content (AvgIpc) is 2.96. The van der Waals surface area contributed by atoms with Crippen LogP contribution in [0.4, 0.5) is 0 Å². The van der Waals surface area contributed by atoms with E-state index in [1.807, 2.05) is 25.1 Å². The van der Waals surface area contributed by atoms with Gasteiger partial charge in [-0.25, -0.2) is 4.79 Å². The van der Waals surface area contributed by atoms with Gasteiger partial charge in [0.15, 0.2) is 0 Å². The van der Waals surface area contributed by atoms with Gasteiger partial charge in [0.1, 0.15) is 12.0 Å². The van der Waals surface area contributed by atoms with Gasteiger partial charge in [0.05, 0.1) is 12.1 Å². The van der Waals surface area contributed by atoms with Crippen LogP contribution in [0.3, 0.4) is 0 Å². The largest absolute Gasteiger partial charge is 0.478 e. The van der Waals surface area contributed by atoms with Gasteiger partial charge in [0.25, 0.3) is 0 Å². The summed E-state index contributed by atoms with van der Waals surface area (Å²) in [6, 6.07) is 11.8. The lowest BCUT2D eigenvalue weighted by Gasteiger charge is -2.05. The maximum atomic E-state index is 10.8. The second-order valence-electron chi connectivity index (χ2n) is 4.54. The number of aryl methyl sites for hydroxylation is 1. The van der Waals surface area contributed by atoms with Crippen molar-refractivity contribution in [1.82, 2.24) is 4.57 Å². The molecule has 2 heterocycles. The fraction of sp³-hybridized carbons (Fsp3) is 0.133. The first-order valence-electron chi connectivity index (χ1n) is 6.01. The first-order valence-corrected chi connectivity index (χ1v) is 6.01. The maximum absolute atomic E-state index is 10.8. The van der Waals surface area contributed by atoms with Crippen molar-refractivity contribution >= 4 is 16.9 Å². The number of carboxylic acid groups (broad SMARTS) is 1. The molecule has 3 rings (SSSR count). The van der Waals surface area contributed by atoms with Gasteiger partial charge in [-0.05, 0) is 30.5 Å².